The molecule has 0 amide bonds. The normalized spacial score (nSPS) is 15.8. The molecule has 0 radical (unpaired) electrons. The largest absolute Gasteiger partial charge is 0.480 e. The highest BCUT2D eigenvalue weighted by Crippen LogP contribution is 2.32. The molecule has 0 fully saturated rings. The summed E-state index contributed by atoms with van der Waals surface area (Å²) in [6, 6.07) is 5.42. The van der Waals surface area contributed by atoms with Crippen LogP contribution in [0, 0.1) is 0 Å². The molecule has 2 atom stereocenters. The van der Waals surface area contributed by atoms with Crippen LogP contribution in [0.2, 0.25) is 10.0 Å². The first kappa shape index (κ1) is 16.6. The molecule has 0 aliphatic carbocycles. The topological polar surface area (TPSA) is 49.3 Å². The van der Waals surface area contributed by atoms with Crippen molar-refractivity contribution in [1.82, 2.24) is 5.32 Å². The van der Waals surface area contributed by atoms with E-state index in [1.807, 2.05) is 13.0 Å². The number of halogens is 2. The summed E-state index contributed by atoms with van der Waals surface area (Å²) in [6.07, 6.45) is 0.504. The third-order valence-electron chi connectivity index (χ3n) is 2.95. The van der Waals surface area contributed by atoms with Crippen molar-refractivity contribution in [2.24, 2.45) is 0 Å². The van der Waals surface area contributed by atoms with Crippen molar-refractivity contribution >= 4 is 40.9 Å². The summed E-state index contributed by atoms with van der Waals surface area (Å²) in [4.78, 5) is 12.2. The van der Waals surface area contributed by atoms with Gasteiger partial charge in [-0.05, 0) is 38.6 Å². The molecule has 19 heavy (non-hydrogen) atoms. The molecule has 0 aliphatic heterocycles. The number of likely N-dealkylation sites (N-methyl/N-ethyl adjacent to an activating group) is 1. The lowest BCUT2D eigenvalue weighted by molar-refractivity contribution is -0.144. The standard InChI is InChI=1S/C13H17Cl2NO2S/c1-8(7-13(2,16-3)12(17)18)19-9-4-5-10(14)11(15)6-9/h4-6,8,16H,7H2,1-3H3,(H,17,18). The lowest BCUT2D eigenvalue weighted by Crippen LogP contribution is -2.49. The van der Waals surface area contributed by atoms with Crippen molar-refractivity contribution in [1.29, 1.82) is 0 Å². The minimum atomic E-state index is -0.928. The predicted octanol–water partition coefficient (Wildman–Crippen LogP) is 3.93. The summed E-state index contributed by atoms with van der Waals surface area (Å²) in [7, 11) is 1.66. The van der Waals surface area contributed by atoms with E-state index in [9.17, 15) is 9.90 Å². The van der Waals surface area contributed by atoms with Gasteiger partial charge < -0.3 is 10.4 Å². The van der Waals surface area contributed by atoms with Gasteiger partial charge in [-0.15, -0.1) is 11.8 Å². The first-order valence-electron chi connectivity index (χ1n) is 5.82. The van der Waals surface area contributed by atoms with E-state index in [4.69, 9.17) is 23.2 Å². The Morgan fingerprint density at radius 2 is 2.11 bits per heavy atom. The fraction of sp³-hybridized carbons (Fsp3) is 0.462. The van der Waals surface area contributed by atoms with E-state index in [-0.39, 0.29) is 5.25 Å². The highest BCUT2D eigenvalue weighted by Gasteiger charge is 2.33. The predicted molar refractivity (Wildman–Crippen MR) is 81.5 cm³/mol. The molecule has 6 heteroatoms. The van der Waals surface area contributed by atoms with Gasteiger partial charge in [0.15, 0.2) is 0 Å². The quantitative estimate of drug-likeness (QED) is 0.779. The Labute approximate surface area is 127 Å². The van der Waals surface area contributed by atoms with E-state index >= 15 is 0 Å². The molecule has 106 valence electrons. The second-order valence-electron chi connectivity index (χ2n) is 4.60. The number of rotatable bonds is 6. The fourth-order valence-electron chi connectivity index (χ4n) is 1.70. The summed E-state index contributed by atoms with van der Waals surface area (Å²) in [5.41, 5.74) is -0.928. The molecule has 1 rings (SSSR count). The maximum absolute atomic E-state index is 11.2. The summed E-state index contributed by atoms with van der Waals surface area (Å²) in [5.74, 6) is -0.850. The van der Waals surface area contributed by atoms with Crippen molar-refractivity contribution in [2.75, 3.05) is 7.05 Å². The van der Waals surface area contributed by atoms with Gasteiger partial charge in [0.25, 0.3) is 0 Å². The Hall–Kier alpha value is -0.420. The first-order valence-corrected chi connectivity index (χ1v) is 7.46. The number of hydrogen-bond acceptors (Lipinski definition) is 3. The van der Waals surface area contributed by atoms with Crippen LogP contribution in [0.3, 0.4) is 0 Å². The Kier molecular flexibility index (Phi) is 5.99. The third kappa shape index (κ3) is 4.56. The van der Waals surface area contributed by atoms with E-state index in [0.717, 1.165) is 4.90 Å². The Morgan fingerprint density at radius 3 is 2.58 bits per heavy atom. The van der Waals surface area contributed by atoms with Crippen LogP contribution in [-0.4, -0.2) is 28.9 Å². The number of thioether (sulfide) groups is 1. The van der Waals surface area contributed by atoms with Crippen LogP contribution in [-0.2, 0) is 4.79 Å². The van der Waals surface area contributed by atoms with Crippen molar-refractivity contribution in [2.45, 2.75) is 36.0 Å². The van der Waals surface area contributed by atoms with Crippen molar-refractivity contribution in [3.63, 3.8) is 0 Å². The van der Waals surface area contributed by atoms with Crippen LogP contribution in [0.5, 0.6) is 0 Å². The first-order chi connectivity index (χ1) is 8.78. The Morgan fingerprint density at radius 1 is 1.47 bits per heavy atom. The highest BCUT2D eigenvalue weighted by molar-refractivity contribution is 8.00. The number of carboxylic acid groups (broad SMARTS) is 1. The number of hydrogen-bond donors (Lipinski definition) is 2. The maximum Gasteiger partial charge on any atom is 0.323 e. The number of benzene rings is 1. The van der Waals surface area contributed by atoms with E-state index in [1.54, 1.807) is 37.9 Å². The van der Waals surface area contributed by atoms with Crippen LogP contribution >= 0.6 is 35.0 Å². The molecule has 1 aromatic rings. The molecule has 0 heterocycles. The summed E-state index contributed by atoms with van der Waals surface area (Å²) in [5, 5.41) is 13.2. The number of carbonyl (C=O) groups is 1. The van der Waals surface area contributed by atoms with Crippen molar-refractivity contribution in [3.05, 3.63) is 28.2 Å². The Balaban J connectivity index is 2.71. The zero-order chi connectivity index (χ0) is 14.6. The lowest BCUT2D eigenvalue weighted by atomic mass is 9.96. The molecule has 3 nitrogen and oxygen atoms in total. The Bertz CT molecular complexity index is 470. The fourth-order valence-corrected chi connectivity index (χ4v) is 3.27. The summed E-state index contributed by atoms with van der Waals surface area (Å²) >= 11 is 13.4. The van der Waals surface area contributed by atoms with E-state index in [1.165, 1.54) is 0 Å². The monoisotopic (exact) mass is 321 g/mol. The zero-order valence-corrected chi connectivity index (χ0v) is 13.4. The molecule has 0 saturated carbocycles. The van der Waals surface area contributed by atoms with E-state index in [0.29, 0.717) is 16.5 Å². The van der Waals surface area contributed by atoms with E-state index in [2.05, 4.69) is 5.32 Å². The molecule has 0 saturated heterocycles. The van der Waals surface area contributed by atoms with Crippen LogP contribution in [0.25, 0.3) is 0 Å². The molecule has 2 unspecified atom stereocenters. The van der Waals surface area contributed by atoms with Gasteiger partial charge in [-0.2, -0.15) is 0 Å². The minimum Gasteiger partial charge on any atom is -0.480 e. The smallest absolute Gasteiger partial charge is 0.323 e. The molecule has 0 aliphatic rings. The third-order valence-corrected chi connectivity index (χ3v) is 4.78. The molecular weight excluding hydrogens is 305 g/mol. The maximum atomic E-state index is 11.2. The minimum absolute atomic E-state index is 0.130. The number of aliphatic carboxylic acids is 1. The lowest BCUT2D eigenvalue weighted by Gasteiger charge is -2.27. The van der Waals surface area contributed by atoms with Gasteiger partial charge in [-0.3, -0.25) is 4.79 Å². The molecule has 0 spiro atoms. The number of carboxylic acids is 1. The van der Waals surface area contributed by atoms with Crippen LogP contribution in [0.4, 0.5) is 0 Å². The van der Waals surface area contributed by atoms with Gasteiger partial charge in [-0.1, -0.05) is 30.1 Å². The average molecular weight is 322 g/mol. The molecule has 0 aromatic heterocycles. The van der Waals surface area contributed by atoms with Crippen LogP contribution < -0.4 is 5.32 Å². The zero-order valence-electron chi connectivity index (χ0n) is 11.0. The van der Waals surface area contributed by atoms with Gasteiger partial charge in [0.05, 0.1) is 10.0 Å². The average Bonchev–Trinajstić information content (AvgIpc) is 2.33. The van der Waals surface area contributed by atoms with Gasteiger partial charge in [-0.25, -0.2) is 0 Å². The highest BCUT2D eigenvalue weighted by atomic mass is 35.5. The summed E-state index contributed by atoms with van der Waals surface area (Å²) < 4.78 is 0. The number of nitrogens with one attached hydrogen (secondary N) is 1. The van der Waals surface area contributed by atoms with Gasteiger partial charge in [0, 0.05) is 10.1 Å². The van der Waals surface area contributed by atoms with Gasteiger partial charge in [0.1, 0.15) is 5.54 Å². The summed E-state index contributed by atoms with van der Waals surface area (Å²) in [6.45, 7) is 3.67. The molecular formula is C13H17Cl2NO2S. The van der Waals surface area contributed by atoms with Crippen LogP contribution in [0.1, 0.15) is 20.3 Å². The SMILES string of the molecule is CNC(C)(CC(C)Sc1ccc(Cl)c(Cl)c1)C(=O)O. The van der Waals surface area contributed by atoms with Crippen molar-refractivity contribution < 1.29 is 9.90 Å². The van der Waals surface area contributed by atoms with Gasteiger partial charge in [0.2, 0.25) is 0 Å². The molecule has 1 aromatic carbocycles. The molecule has 0 bridgehead atoms. The van der Waals surface area contributed by atoms with Crippen molar-refractivity contribution in [3.8, 4) is 0 Å². The molecule has 2 N–H and O–H groups in total. The van der Waals surface area contributed by atoms with Crippen LogP contribution in [0.15, 0.2) is 23.1 Å². The van der Waals surface area contributed by atoms with Gasteiger partial charge >= 0.3 is 5.97 Å². The second-order valence-corrected chi connectivity index (χ2v) is 6.92. The second kappa shape index (κ2) is 6.84. The van der Waals surface area contributed by atoms with E-state index < -0.39 is 11.5 Å².